The van der Waals surface area contributed by atoms with Crippen molar-refractivity contribution in [2.24, 2.45) is 0 Å². The summed E-state index contributed by atoms with van der Waals surface area (Å²) >= 11 is 5.02. The molecule has 0 saturated heterocycles. The first-order valence-electron chi connectivity index (χ1n) is 6.94. The Morgan fingerprint density at radius 3 is 2.39 bits per heavy atom. The van der Waals surface area contributed by atoms with Crippen LogP contribution in [0.2, 0.25) is 0 Å². The lowest BCUT2D eigenvalue weighted by molar-refractivity contribution is 0.298. The Balaban J connectivity index is 2.24. The number of hydrogen-bond acceptors (Lipinski definition) is 4. The molecule has 0 aliphatic heterocycles. The van der Waals surface area contributed by atoms with Crippen molar-refractivity contribution in [3.63, 3.8) is 0 Å². The predicted octanol–water partition coefficient (Wildman–Crippen LogP) is 2.75. The molecule has 3 nitrogen and oxygen atoms in total. The zero-order chi connectivity index (χ0) is 13.5. The van der Waals surface area contributed by atoms with Gasteiger partial charge in [0.05, 0.1) is 10.2 Å². The van der Waals surface area contributed by atoms with Gasteiger partial charge < -0.3 is 10.2 Å². The molecule has 1 N–H and O–H groups in total. The van der Waals surface area contributed by atoms with E-state index in [2.05, 4.69) is 24.1 Å². The van der Waals surface area contributed by atoms with Crippen molar-refractivity contribution >= 4 is 17.9 Å². The predicted molar refractivity (Wildman–Crippen MR) is 80.8 cm³/mol. The molecular weight excluding hydrogens is 244 g/mol. The van der Waals surface area contributed by atoms with E-state index in [0.29, 0.717) is 4.51 Å². The molecule has 0 fully saturated rings. The Kier molecular flexibility index (Phi) is 6.50. The summed E-state index contributed by atoms with van der Waals surface area (Å²) < 4.78 is 0.531. The van der Waals surface area contributed by atoms with Gasteiger partial charge in [0.1, 0.15) is 0 Å². The quantitative estimate of drug-likeness (QED) is 0.551. The summed E-state index contributed by atoms with van der Waals surface area (Å²) in [5, 5.41) is 3.23. The van der Waals surface area contributed by atoms with Crippen molar-refractivity contribution in [2.75, 3.05) is 31.5 Å². The van der Waals surface area contributed by atoms with Crippen LogP contribution in [0.5, 0.6) is 0 Å². The van der Waals surface area contributed by atoms with Crippen LogP contribution >= 0.6 is 12.2 Å². The lowest BCUT2D eigenvalue weighted by atomic mass is 10.1. The second kappa shape index (κ2) is 7.64. The Morgan fingerprint density at radius 2 is 1.83 bits per heavy atom. The van der Waals surface area contributed by atoms with E-state index in [1.165, 1.54) is 6.42 Å². The smallest absolute Gasteiger partial charge is 0.220 e. The Labute approximate surface area is 115 Å². The van der Waals surface area contributed by atoms with E-state index >= 15 is 0 Å². The molecule has 0 aliphatic carbocycles. The zero-order valence-corrected chi connectivity index (χ0v) is 12.5. The number of nitrogens with zero attached hydrogens (tertiary/aromatic N) is 1. The summed E-state index contributed by atoms with van der Waals surface area (Å²) in [6, 6.07) is 0. The van der Waals surface area contributed by atoms with Gasteiger partial charge in [-0.25, -0.2) is 0 Å². The van der Waals surface area contributed by atoms with Gasteiger partial charge >= 0.3 is 0 Å². The van der Waals surface area contributed by atoms with Gasteiger partial charge in [0.2, 0.25) is 5.43 Å². The maximum Gasteiger partial charge on any atom is 0.220 e. The molecule has 18 heavy (non-hydrogen) atoms. The average molecular weight is 268 g/mol. The van der Waals surface area contributed by atoms with Gasteiger partial charge in [-0.1, -0.05) is 33.0 Å². The molecule has 0 spiro atoms. The third-order valence-corrected chi connectivity index (χ3v) is 3.89. The molecule has 1 aromatic rings. The zero-order valence-electron chi connectivity index (χ0n) is 11.7. The summed E-state index contributed by atoms with van der Waals surface area (Å²) in [7, 11) is 0. The summed E-state index contributed by atoms with van der Waals surface area (Å²) in [5.74, 6) is 0. The first-order valence-corrected chi connectivity index (χ1v) is 7.34. The summed E-state index contributed by atoms with van der Waals surface area (Å²) in [6.07, 6.45) is 3.12. The summed E-state index contributed by atoms with van der Waals surface area (Å²) in [5.41, 5.74) is 1.84. The first-order chi connectivity index (χ1) is 8.65. The molecule has 1 aromatic carbocycles. The molecule has 0 unspecified atom stereocenters. The van der Waals surface area contributed by atoms with Crippen LogP contribution in [0.1, 0.15) is 39.2 Å². The third-order valence-electron chi connectivity index (χ3n) is 3.46. The van der Waals surface area contributed by atoms with Gasteiger partial charge in [-0.2, -0.15) is 0 Å². The van der Waals surface area contributed by atoms with Crippen LogP contribution in [-0.4, -0.2) is 31.1 Å². The molecule has 1 rings (SSSR count). The molecular formula is C14H24N2OS. The molecule has 102 valence electrons. The highest BCUT2D eigenvalue weighted by atomic mass is 32.1. The average Bonchev–Trinajstić information content (AvgIpc) is 2.40. The molecule has 0 heterocycles. The van der Waals surface area contributed by atoms with Crippen molar-refractivity contribution in [1.29, 1.82) is 0 Å². The SMILES string of the molecule is CCc1c(NCCCCN(CC)CC)c(=O)c1=S. The van der Waals surface area contributed by atoms with Gasteiger partial charge in [-0.15, -0.1) is 0 Å². The highest BCUT2D eigenvalue weighted by Crippen LogP contribution is 2.16. The summed E-state index contributed by atoms with van der Waals surface area (Å²) in [6.45, 7) is 10.6. The summed E-state index contributed by atoms with van der Waals surface area (Å²) in [4.78, 5) is 13.9. The Bertz CT molecular complexity index is 431. The van der Waals surface area contributed by atoms with Gasteiger partial charge in [0.15, 0.2) is 0 Å². The van der Waals surface area contributed by atoms with E-state index in [1.807, 2.05) is 6.92 Å². The third kappa shape index (κ3) is 3.62. The first kappa shape index (κ1) is 15.3. The van der Waals surface area contributed by atoms with Crippen molar-refractivity contribution in [1.82, 2.24) is 4.90 Å². The molecule has 0 atom stereocenters. The second-order valence-corrected chi connectivity index (χ2v) is 4.93. The van der Waals surface area contributed by atoms with Crippen LogP contribution in [0, 0.1) is 4.51 Å². The normalized spacial score (nSPS) is 11.3. The molecule has 0 radical (unpaired) electrons. The van der Waals surface area contributed by atoms with Crippen LogP contribution < -0.4 is 10.7 Å². The minimum Gasteiger partial charge on any atom is -0.382 e. The molecule has 0 aliphatic rings. The molecule has 0 aromatic heterocycles. The topological polar surface area (TPSA) is 32.3 Å². The van der Waals surface area contributed by atoms with Crippen molar-refractivity contribution in [2.45, 2.75) is 40.0 Å². The van der Waals surface area contributed by atoms with Crippen LogP contribution in [-0.2, 0) is 6.42 Å². The number of hydrogen-bond donors (Lipinski definition) is 1. The van der Waals surface area contributed by atoms with E-state index in [1.54, 1.807) is 0 Å². The highest BCUT2D eigenvalue weighted by molar-refractivity contribution is 7.71. The van der Waals surface area contributed by atoms with Crippen molar-refractivity contribution < 1.29 is 0 Å². The lowest BCUT2D eigenvalue weighted by Crippen LogP contribution is -2.25. The highest BCUT2D eigenvalue weighted by Gasteiger charge is 2.14. The van der Waals surface area contributed by atoms with E-state index in [9.17, 15) is 4.79 Å². The van der Waals surface area contributed by atoms with Crippen molar-refractivity contribution in [3.8, 4) is 0 Å². The van der Waals surface area contributed by atoms with Crippen molar-refractivity contribution in [3.05, 3.63) is 20.3 Å². The van der Waals surface area contributed by atoms with Gasteiger partial charge in [0.25, 0.3) is 0 Å². The Morgan fingerprint density at radius 1 is 1.17 bits per heavy atom. The molecule has 0 bridgehead atoms. The van der Waals surface area contributed by atoms with Crippen LogP contribution in [0.3, 0.4) is 0 Å². The molecule has 0 saturated carbocycles. The molecule has 0 amide bonds. The van der Waals surface area contributed by atoms with Crippen LogP contribution in [0.15, 0.2) is 4.79 Å². The number of anilines is 1. The van der Waals surface area contributed by atoms with Crippen LogP contribution in [0.25, 0.3) is 0 Å². The van der Waals surface area contributed by atoms with Gasteiger partial charge in [-0.05, 0) is 38.9 Å². The van der Waals surface area contributed by atoms with Gasteiger partial charge in [-0.3, -0.25) is 4.79 Å². The van der Waals surface area contributed by atoms with E-state index in [-0.39, 0.29) is 5.43 Å². The Hall–Kier alpha value is -0.740. The van der Waals surface area contributed by atoms with Crippen LogP contribution in [0.4, 0.5) is 5.69 Å². The maximum absolute atomic E-state index is 11.5. The fourth-order valence-corrected chi connectivity index (χ4v) is 2.53. The fraction of sp³-hybridized carbons (Fsp3) is 0.714. The minimum atomic E-state index is 0.0330. The maximum atomic E-state index is 11.5. The standard InChI is InChI=1S/C14H24N2OS/c1-4-11-12(13(17)14(11)18)15-9-7-8-10-16(5-2)6-3/h15H,4-10H2,1-3H3. The second-order valence-electron chi connectivity index (χ2n) is 4.53. The van der Waals surface area contributed by atoms with E-state index in [4.69, 9.17) is 12.2 Å². The number of nitrogens with one attached hydrogen (secondary N) is 1. The number of rotatable bonds is 9. The monoisotopic (exact) mass is 268 g/mol. The fourth-order valence-electron chi connectivity index (χ4n) is 2.18. The van der Waals surface area contributed by atoms with Gasteiger partial charge in [0, 0.05) is 12.1 Å². The molecule has 4 heteroatoms. The largest absolute Gasteiger partial charge is 0.382 e. The van der Waals surface area contributed by atoms with E-state index < -0.39 is 0 Å². The minimum absolute atomic E-state index is 0.0330. The lowest BCUT2D eigenvalue weighted by Gasteiger charge is -2.18. The number of unbranched alkanes of at least 4 members (excludes halogenated alkanes) is 1. The van der Waals surface area contributed by atoms with E-state index in [0.717, 1.165) is 50.3 Å².